The maximum absolute atomic E-state index is 10.7. The summed E-state index contributed by atoms with van der Waals surface area (Å²) < 4.78 is 1.52. The van der Waals surface area contributed by atoms with Crippen molar-refractivity contribution in [1.82, 2.24) is 20.2 Å². The molecule has 0 radical (unpaired) electrons. The minimum absolute atomic E-state index is 0.0261. The van der Waals surface area contributed by atoms with Crippen LogP contribution in [0.25, 0.3) is 17.8 Å². The Labute approximate surface area is 125 Å². The number of nitro benzene ring substituents is 1. The van der Waals surface area contributed by atoms with Gasteiger partial charge in [-0.05, 0) is 34.2 Å². The van der Waals surface area contributed by atoms with Crippen LogP contribution in [-0.4, -0.2) is 25.1 Å². The molecule has 0 fully saturated rings. The van der Waals surface area contributed by atoms with Gasteiger partial charge in [0.1, 0.15) is 0 Å². The quantitative estimate of drug-likeness (QED) is 0.545. The fraction of sp³-hybridized carbons (Fsp3) is 0. The van der Waals surface area contributed by atoms with E-state index in [4.69, 9.17) is 0 Å². The molecule has 0 spiro atoms. The second kappa shape index (κ2) is 5.96. The number of non-ortho nitro benzene ring substituents is 1. The van der Waals surface area contributed by atoms with Crippen LogP contribution in [0.3, 0.4) is 0 Å². The highest BCUT2D eigenvalue weighted by Crippen LogP contribution is 2.16. The van der Waals surface area contributed by atoms with Gasteiger partial charge in [0, 0.05) is 12.1 Å². The molecular formula is C15H11N5O2. The summed E-state index contributed by atoms with van der Waals surface area (Å²) >= 11 is 0. The molecule has 3 rings (SSSR count). The Hall–Kier alpha value is -3.35. The van der Waals surface area contributed by atoms with Crippen molar-refractivity contribution in [3.05, 3.63) is 76.1 Å². The Kier molecular flexibility index (Phi) is 3.69. The lowest BCUT2D eigenvalue weighted by molar-refractivity contribution is -0.384. The van der Waals surface area contributed by atoms with E-state index in [1.165, 1.54) is 16.8 Å². The zero-order valence-electron chi connectivity index (χ0n) is 11.4. The van der Waals surface area contributed by atoms with Gasteiger partial charge in [-0.2, -0.15) is 4.68 Å². The van der Waals surface area contributed by atoms with Gasteiger partial charge < -0.3 is 0 Å². The largest absolute Gasteiger partial charge is 0.269 e. The van der Waals surface area contributed by atoms with Gasteiger partial charge in [0.2, 0.25) is 0 Å². The van der Waals surface area contributed by atoms with Gasteiger partial charge in [0.15, 0.2) is 5.82 Å². The molecule has 0 amide bonds. The van der Waals surface area contributed by atoms with Crippen LogP contribution < -0.4 is 0 Å². The Morgan fingerprint density at radius 3 is 2.41 bits per heavy atom. The molecule has 0 bridgehead atoms. The van der Waals surface area contributed by atoms with Crippen LogP contribution in [0, 0.1) is 10.1 Å². The van der Waals surface area contributed by atoms with Crippen molar-refractivity contribution in [3.63, 3.8) is 0 Å². The van der Waals surface area contributed by atoms with Crippen molar-refractivity contribution < 1.29 is 4.92 Å². The number of tetrazole rings is 1. The second-order valence-corrected chi connectivity index (χ2v) is 4.47. The van der Waals surface area contributed by atoms with Gasteiger partial charge in [-0.1, -0.05) is 36.4 Å². The molecule has 2 aromatic carbocycles. The Morgan fingerprint density at radius 2 is 1.73 bits per heavy atom. The Bertz CT molecular complexity index is 809. The molecule has 0 atom stereocenters. The Morgan fingerprint density at radius 1 is 1.00 bits per heavy atom. The summed E-state index contributed by atoms with van der Waals surface area (Å²) in [5.41, 5.74) is 1.71. The molecule has 0 aliphatic heterocycles. The van der Waals surface area contributed by atoms with Gasteiger partial charge in [-0.15, -0.1) is 5.10 Å². The monoisotopic (exact) mass is 293 g/mol. The summed E-state index contributed by atoms with van der Waals surface area (Å²) in [6, 6.07) is 15.8. The zero-order valence-corrected chi connectivity index (χ0v) is 11.4. The maximum Gasteiger partial charge on any atom is 0.269 e. The maximum atomic E-state index is 10.7. The molecule has 0 saturated heterocycles. The van der Waals surface area contributed by atoms with E-state index in [1.807, 2.05) is 36.4 Å². The first-order valence-electron chi connectivity index (χ1n) is 6.50. The summed E-state index contributed by atoms with van der Waals surface area (Å²) in [6.07, 6.45) is 3.68. The highest BCUT2D eigenvalue weighted by atomic mass is 16.6. The SMILES string of the molecule is O=[N+]([O-])c1ccc(-n2nnnc2C=Cc2ccccc2)cc1. The third kappa shape index (κ3) is 2.88. The topological polar surface area (TPSA) is 86.7 Å². The smallest absolute Gasteiger partial charge is 0.258 e. The van der Waals surface area contributed by atoms with E-state index in [9.17, 15) is 10.1 Å². The lowest BCUT2D eigenvalue weighted by Crippen LogP contribution is -1.99. The molecule has 108 valence electrons. The van der Waals surface area contributed by atoms with Gasteiger partial charge in [0.05, 0.1) is 10.6 Å². The van der Waals surface area contributed by atoms with Gasteiger partial charge >= 0.3 is 0 Å². The van der Waals surface area contributed by atoms with Crippen LogP contribution in [0.4, 0.5) is 5.69 Å². The van der Waals surface area contributed by atoms with Gasteiger partial charge in [-0.25, -0.2) is 0 Å². The highest BCUT2D eigenvalue weighted by molar-refractivity contribution is 5.67. The third-order valence-corrected chi connectivity index (χ3v) is 3.02. The van der Waals surface area contributed by atoms with Gasteiger partial charge in [-0.3, -0.25) is 10.1 Å². The summed E-state index contributed by atoms with van der Waals surface area (Å²) in [7, 11) is 0. The second-order valence-electron chi connectivity index (χ2n) is 4.47. The zero-order chi connectivity index (χ0) is 15.4. The molecule has 0 N–H and O–H groups in total. The molecule has 1 aromatic heterocycles. The van der Waals surface area contributed by atoms with Crippen molar-refractivity contribution >= 4 is 17.8 Å². The van der Waals surface area contributed by atoms with E-state index in [2.05, 4.69) is 15.5 Å². The van der Waals surface area contributed by atoms with Crippen LogP contribution in [0.2, 0.25) is 0 Å². The highest BCUT2D eigenvalue weighted by Gasteiger charge is 2.08. The van der Waals surface area contributed by atoms with Crippen LogP contribution in [-0.2, 0) is 0 Å². The lowest BCUT2D eigenvalue weighted by Gasteiger charge is -2.01. The number of nitrogens with zero attached hydrogens (tertiary/aromatic N) is 5. The van der Waals surface area contributed by atoms with Crippen LogP contribution in [0.1, 0.15) is 11.4 Å². The molecular weight excluding hydrogens is 282 g/mol. The van der Waals surface area contributed by atoms with Crippen LogP contribution >= 0.6 is 0 Å². The molecule has 3 aromatic rings. The standard InChI is InChI=1S/C15H11N5O2/c21-20(22)14-9-7-13(8-10-14)19-15(16-17-18-19)11-6-12-4-2-1-3-5-12/h1-11H. The molecule has 0 aliphatic carbocycles. The molecule has 0 aliphatic rings. The van der Waals surface area contributed by atoms with Crippen molar-refractivity contribution in [1.29, 1.82) is 0 Å². The number of rotatable bonds is 4. The summed E-state index contributed by atoms with van der Waals surface area (Å²) in [5.74, 6) is 0.540. The normalized spacial score (nSPS) is 10.9. The van der Waals surface area contributed by atoms with E-state index < -0.39 is 4.92 Å². The van der Waals surface area contributed by atoms with E-state index in [0.717, 1.165) is 5.56 Å². The molecule has 1 heterocycles. The van der Waals surface area contributed by atoms with E-state index in [-0.39, 0.29) is 5.69 Å². The minimum atomic E-state index is -0.445. The average Bonchev–Trinajstić information content (AvgIpc) is 3.02. The van der Waals surface area contributed by atoms with Crippen LogP contribution in [0.5, 0.6) is 0 Å². The number of hydrogen-bond acceptors (Lipinski definition) is 5. The molecule has 22 heavy (non-hydrogen) atoms. The summed E-state index contributed by atoms with van der Waals surface area (Å²) in [4.78, 5) is 10.2. The van der Waals surface area contributed by atoms with Crippen molar-refractivity contribution in [2.24, 2.45) is 0 Å². The number of hydrogen-bond donors (Lipinski definition) is 0. The van der Waals surface area contributed by atoms with Crippen molar-refractivity contribution in [2.45, 2.75) is 0 Å². The first-order chi connectivity index (χ1) is 10.7. The molecule has 7 nitrogen and oxygen atoms in total. The fourth-order valence-corrected chi connectivity index (χ4v) is 1.93. The van der Waals surface area contributed by atoms with Gasteiger partial charge in [0.25, 0.3) is 5.69 Å². The first kappa shape index (κ1) is 13.6. The predicted molar refractivity (Wildman–Crippen MR) is 81.2 cm³/mol. The predicted octanol–water partition coefficient (Wildman–Crippen LogP) is 2.74. The lowest BCUT2D eigenvalue weighted by atomic mass is 10.2. The Balaban J connectivity index is 1.89. The first-order valence-corrected chi connectivity index (χ1v) is 6.50. The van der Waals surface area contributed by atoms with Crippen molar-refractivity contribution in [3.8, 4) is 5.69 Å². The molecule has 0 saturated carbocycles. The van der Waals surface area contributed by atoms with Crippen LogP contribution in [0.15, 0.2) is 54.6 Å². The third-order valence-electron chi connectivity index (χ3n) is 3.02. The molecule has 0 unspecified atom stereocenters. The molecule has 7 heteroatoms. The van der Waals surface area contributed by atoms with E-state index >= 15 is 0 Å². The summed E-state index contributed by atoms with van der Waals surface area (Å²) in [6.45, 7) is 0. The van der Waals surface area contributed by atoms with E-state index in [0.29, 0.717) is 11.5 Å². The number of aromatic nitrogens is 4. The number of benzene rings is 2. The fourth-order valence-electron chi connectivity index (χ4n) is 1.93. The van der Waals surface area contributed by atoms with Crippen molar-refractivity contribution in [2.75, 3.05) is 0 Å². The average molecular weight is 293 g/mol. The minimum Gasteiger partial charge on any atom is -0.258 e. The van der Waals surface area contributed by atoms with E-state index in [1.54, 1.807) is 18.2 Å². The summed E-state index contributed by atoms with van der Waals surface area (Å²) in [5, 5.41) is 22.2. The number of nitro groups is 1.